The number of rotatable bonds is 4. The summed E-state index contributed by atoms with van der Waals surface area (Å²) in [6.07, 6.45) is 5.93. The van der Waals surface area contributed by atoms with Gasteiger partial charge in [0.25, 0.3) is 0 Å². The van der Waals surface area contributed by atoms with Crippen molar-refractivity contribution in [1.29, 1.82) is 0 Å². The minimum atomic E-state index is 0.652. The quantitative estimate of drug-likeness (QED) is 0.795. The molecule has 2 aromatic heterocycles. The van der Waals surface area contributed by atoms with Gasteiger partial charge in [-0.1, -0.05) is 0 Å². The zero-order valence-corrected chi connectivity index (χ0v) is 7.68. The highest BCUT2D eigenvalue weighted by molar-refractivity contribution is 5.22. The Bertz CT molecular complexity index is 358. The van der Waals surface area contributed by atoms with E-state index in [4.69, 9.17) is 4.42 Å². The van der Waals surface area contributed by atoms with Crippen molar-refractivity contribution >= 4 is 5.95 Å². The molecule has 2 rings (SSSR count). The first-order valence-electron chi connectivity index (χ1n) is 4.48. The first kappa shape index (κ1) is 8.74. The Morgan fingerprint density at radius 1 is 1.21 bits per heavy atom. The number of hydrogen-bond acceptors (Lipinski definition) is 4. The van der Waals surface area contributed by atoms with Crippen molar-refractivity contribution in [3.05, 3.63) is 42.6 Å². The first-order valence-corrected chi connectivity index (χ1v) is 4.48. The Kier molecular flexibility index (Phi) is 2.76. The van der Waals surface area contributed by atoms with E-state index in [9.17, 15) is 0 Å². The number of furan rings is 1. The van der Waals surface area contributed by atoms with Crippen LogP contribution in [-0.2, 0) is 6.42 Å². The van der Waals surface area contributed by atoms with E-state index in [0.717, 1.165) is 18.7 Å². The maximum Gasteiger partial charge on any atom is 0.222 e. The lowest BCUT2D eigenvalue weighted by molar-refractivity contribution is 0.512. The summed E-state index contributed by atoms with van der Waals surface area (Å²) in [7, 11) is 0. The molecule has 4 nitrogen and oxygen atoms in total. The smallest absolute Gasteiger partial charge is 0.222 e. The zero-order chi connectivity index (χ0) is 9.64. The molecule has 0 aliphatic carbocycles. The van der Waals surface area contributed by atoms with E-state index in [-0.39, 0.29) is 0 Å². The number of nitrogens with zero attached hydrogens (tertiary/aromatic N) is 2. The van der Waals surface area contributed by atoms with Crippen molar-refractivity contribution in [2.75, 3.05) is 11.9 Å². The molecule has 0 aromatic carbocycles. The first-order chi connectivity index (χ1) is 6.95. The number of nitrogens with one attached hydrogen (secondary N) is 1. The van der Waals surface area contributed by atoms with Gasteiger partial charge in [-0.05, 0) is 18.2 Å². The van der Waals surface area contributed by atoms with Gasteiger partial charge < -0.3 is 9.73 Å². The minimum absolute atomic E-state index is 0.652. The van der Waals surface area contributed by atoms with Crippen molar-refractivity contribution in [3.8, 4) is 0 Å². The van der Waals surface area contributed by atoms with Crippen LogP contribution in [0.1, 0.15) is 5.76 Å². The summed E-state index contributed by atoms with van der Waals surface area (Å²) in [5.41, 5.74) is 0. The van der Waals surface area contributed by atoms with E-state index in [1.165, 1.54) is 0 Å². The maximum atomic E-state index is 5.19. The van der Waals surface area contributed by atoms with Crippen LogP contribution >= 0.6 is 0 Å². The second-order valence-electron chi connectivity index (χ2n) is 2.83. The molecule has 0 atom stereocenters. The van der Waals surface area contributed by atoms with Gasteiger partial charge in [-0.25, -0.2) is 9.97 Å². The van der Waals surface area contributed by atoms with E-state index in [0.29, 0.717) is 5.95 Å². The van der Waals surface area contributed by atoms with Gasteiger partial charge in [0.2, 0.25) is 5.95 Å². The van der Waals surface area contributed by atoms with Gasteiger partial charge in [0.05, 0.1) is 6.26 Å². The van der Waals surface area contributed by atoms with Gasteiger partial charge in [-0.15, -0.1) is 0 Å². The van der Waals surface area contributed by atoms with Crippen molar-refractivity contribution in [3.63, 3.8) is 0 Å². The van der Waals surface area contributed by atoms with Gasteiger partial charge in [-0.3, -0.25) is 0 Å². The predicted octanol–water partition coefficient (Wildman–Crippen LogP) is 1.72. The van der Waals surface area contributed by atoms with Crippen LogP contribution in [-0.4, -0.2) is 16.5 Å². The van der Waals surface area contributed by atoms with Gasteiger partial charge in [0.15, 0.2) is 0 Å². The largest absolute Gasteiger partial charge is 0.469 e. The van der Waals surface area contributed by atoms with Gasteiger partial charge in [0, 0.05) is 25.4 Å². The Morgan fingerprint density at radius 2 is 2.07 bits per heavy atom. The Balaban J connectivity index is 1.79. The topological polar surface area (TPSA) is 51.0 Å². The molecular weight excluding hydrogens is 178 g/mol. The van der Waals surface area contributed by atoms with E-state index in [2.05, 4.69) is 15.3 Å². The highest BCUT2D eigenvalue weighted by Gasteiger charge is 1.96. The molecule has 2 heterocycles. The third-order valence-electron chi connectivity index (χ3n) is 1.80. The molecule has 0 radical (unpaired) electrons. The zero-order valence-electron chi connectivity index (χ0n) is 7.68. The van der Waals surface area contributed by atoms with E-state index in [1.54, 1.807) is 24.7 Å². The number of anilines is 1. The standard InChI is InChI=1S/C10H11N3O/c1-3-9(14-8-1)4-7-13-10-11-5-2-6-12-10/h1-3,5-6,8H,4,7H2,(H,11,12,13). The molecule has 0 spiro atoms. The van der Waals surface area contributed by atoms with E-state index in [1.807, 2.05) is 12.1 Å². The fourth-order valence-electron chi connectivity index (χ4n) is 1.14. The fourth-order valence-corrected chi connectivity index (χ4v) is 1.14. The minimum Gasteiger partial charge on any atom is -0.469 e. The summed E-state index contributed by atoms with van der Waals surface area (Å²) in [5.74, 6) is 1.62. The second-order valence-corrected chi connectivity index (χ2v) is 2.83. The Labute approximate surface area is 82.0 Å². The van der Waals surface area contributed by atoms with Crippen LogP contribution in [0.4, 0.5) is 5.95 Å². The molecule has 0 aliphatic rings. The Morgan fingerprint density at radius 3 is 2.79 bits per heavy atom. The van der Waals surface area contributed by atoms with Crippen LogP contribution in [0.15, 0.2) is 41.3 Å². The lowest BCUT2D eigenvalue weighted by Crippen LogP contribution is -2.06. The van der Waals surface area contributed by atoms with Crippen molar-refractivity contribution < 1.29 is 4.42 Å². The molecule has 0 fully saturated rings. The molecule has 0 bridgehead atoms. The SMILES string of the molecule is c1cnc(NCCc2ccco2)nc1. The highest BCUT2D eigenvalue weighted by Crippen LogP contribution is 2.01. The van der Waals surface area contributed by atoms with Crippen LogP contribution in [0.25, 0.3) is 0 Å². The molecule has 0 aliphatic heterocycles. The normalized spacial score (nSPS) is 10.0. The average Bonchev–Trinajstić information content (AvgIpc) is 2.72. The van der Waals surface area contributed by atoms with Gasteiger partial charge in [-0.2, -0.15) is 0 Å². The molecule has 0 saturated carbocycles. The molecular formula is C10H11N3O. The average molecular weight is 189 g/mol. The van der Waals surface area contributed by atoms with Crippen LogP contribution in [0.3, 0.4) is 0 Å². The summed E-state index contributed by atoms with van der Waals surface area (Å²) >= 11 is 0. The van der Waals surface area contributed by atoms with E-state index >= 15 is 0 Å². The van der Waals surface area contributed by atoms with Gasteiger partial charge in [0.1, 0.15) is 5.76 Å². The maximum absolute atomic E-state index is 5.19. The molecule has 2 aromatic rings. The molecule has 0 saturated heterocycles. The van der Waals surface area contributed by atoms with Crippen molar-refractivity contribution in [2.24, 2.45) is 0 Å². The summed E-state index contributed by atoms with van der Waals surface area (Å²) in [6, 6.07) is 5.62. The predicted molar refractivity (Wildman–Crippen MR) is 52.9 cm³/mol. The van der Waals surface area contributed by atoms with Crippen LogP contribution in [0, 0.1) is 0 Å². The second kappa shape index (κ2) is 4.41. The van der Waals surface area contributed by atoms with Crippen molar-refractivity contribution in [1.82, 2.24) is 9.97 Å². The van der Waals surface area contributed by atoms with Crippen LogP contribution in [0.2, 0.25) is 0 Å². The Hall–Kier alpha value is -1.84. The third-order valence-corrected chi connectivity index (χ3v) is 1.80. The summed E-state index contributed by atoms with van der Waals surface area (Å²) in [6.45, 7) is 0.775. The van der Waals surface area contributed by atoms with Crippen molar-refractivity contribution in [2.45, 2.75) is 6.42 Å². The third kappa shape index (κ3) is 2.32. The lowest BCUT2D eigenvalue weighted by atomic mass is 10.3. The van der Waals surface area contributed by atoms with Crippen LogP contribution < -0.4 is 5.32 Å². The monoisotopic (exact) mass is 189 g/mol. The van der Waals surface area contributed by atoms with Crippen LogP contribution in [0.5, 0.6) is 0 Å². The summed E-state index contributed by atoms with van der Waals surface area (Å²) in [5, 5.41) is 3.10. The molecule has 0 unspecified atom stereocenters. The number of aromatic nitrogens is 2. The van der Waals surface area contributed by atoms with E-state index < -0.39 is 0 Å². The molecule has 0 amide bonds. The number of hydrogen-bond donors (Lipinski definition) is 1. The highest BCUT2D eigenvalue weighted by atomic mass is 16.3. The molecule has 4 heteroatoms. The molecule has 1 N–H and O–H groups in total. The summed E-state index contributed by atoms with van der Waals surface area (Å²) < 4.78 is 5.19. The molecule has 72 valence electrons. The lowest BCUT2D eigenvalue weighted by Gasteiger charge is -2.01. The molecule has 14 heavy (non-hydrogen) atoms. The summed E-state index contributed by atoms with van der Waals surface area (Å²) in [4.78, 5) is 8.09. The van der Waals surface area contributed by atoms with Gasteiger partial charge >= 0.3 is 0 Å². The fraction of sp³-hybridized carbons (Fsp3) is 0.200.